The fourth-order valence-corrected chi connectivity index (χ4v) is 5.60. The van der Waals surface area contributed by atoms with Crippen molar-refractivity contribution in [3.8, 4) is 11.8 Å². The molecule has 5 rings (SSSR count). The lowest BCUT2D eigenvalue weighted by Crippen LogP contribution is -2.58. The lowest BCUT2D eigenvalue weighted by Gasteiger charge is -2.62. The number of pyridine rings is 1. The average molecular weight is 485 g/mol. The van der Waals surface area contributed by atoms with Crippen LogP contribution in [-0.4, -0.2) is 33.3 Å². The summed E-state index contributed by atoms with van der Waals surface area (Å²) >= 11 is 6.38. The molecule has 1 amide bonds. The molecular weight excluding hydrogens is 456 g/mol. The number of ether oxygens (including phenoxy) is 1. The van der Waals surface area contributed by atoms with Gasteiger partial charge in [-0.1, -0.05) is 32.4 Å². The first-order chi connectivity index (χ1) is 16.2. The summed E-state index contributed by atoms with van der Waals surface area (Å²) in [6.07, 6.45) is 6.87. The lowest BCUT2D eigenvalue weighted by molar-refractivity contribution is -0.122. The van der Waals surface area contributed by atoms with Crippen LogP contribution in [0.3, 0.4) is 0 Å². The van der Waals surface area contributed by atoms with E-state index in [1.165, 1.54) is 18.8 Å². The summed E-state index contributed by atoms with van der Waals surface area (Å²) in [6, 6.07) is 3.82. The SMILES string of the molecule is C[C@H]1[C@H](Nc2cnn(CC(=O)NCc3ccncc3OCC#N)c(=O)c2Cl)C[C@H]2C[C@@H]1C2(C)C. The summed E-state index contributed by atoms with van der Waals surface area (Å²) in [5.74, 6) is 1.81. The standard InChI is InChI=1S/C24H29ClN6O3/c1-14-17-8-16(24(17,2)3)9-18(14)30-19-11-29-31(23(33)22(19)25)13-21(32)28-10-15-4-6-27-12-20(15)34-7-5-26/h4,6,11-12,14,16-18,30H,7-10,13H2,1-3H3,(H,28,32)/t14-,16-,17+,18-/m1/s1. The van der Waals surface area contributed by atoms with E-state index < -0.39 is 11.5 Å². The van der Waals surface area contributed by atoms with Crippen LogP contribution < -0.4 is 20.9 Å². The van der Waals surface area contributed by atoms with Gasteiger partial charge in [-0.2, -0.15) is 10.4 Å². The largest absolute Gasteiger partial charge is 0.477 e. The molecule has 2 aromatic heterocycles. The Morgan fingerprint density at radius 1 is 1.38 bits per heavy atom. The first-order valence-corrected chi connectivity index (χ1v) is 11.8. The van der Waals surface area contributed by atoms with Gasteiger partial charge in [0.05, 0.1) is 18.1 Å². The first-order valence-electron chi connectivity index (χ1n) is 11.4. The van der Waals surface area contributed by atoms with E-state index in [-0.39, 0.29) is 30.8 Å². The van der Waals surface area contributed by atoms with Crippen molar-refractivity contribution >= 4 is 23.2 Å². The number of fused-ring (bicyclic) bond motifs is 2. The third kappa shape index (κ3) is 4.60. The van der Waals surface area contributed by atoms with Gasteiger partial charge in [-0.25, -0.2) is 4.68 Å². The van der Waals surface area contributed by atoms with Gasteiger partial charge in [0.15, 0.2) is 6.61 Å². The number of nitrogens with zero attached hydrogens (tertiary/aromatic N) is 4. The first kappa shape index (κ1) is 24.0. The van der Waals surface area contributed by atoms with Gasteiger partial charge in [-0.3, -0.25) is 14.6 Å². The molecular formula is C24H29ClN6O3. The molecule has 3 aliphatic carbocycles. The predicted octanol–water partition coefficient (Wildman–Crippen LogP) is 2.99. The second-order valence-corrected chi connectivity index (χ2v) is 10.1. The Balaban J connectivity index is 1.37. The molecule has 0 radical (unpaired) electrons. The topological polar surface area (TPSA) is 122 Å². The number of hydrogen-bond donors (Lipinski definition) is 2. The van der Waals surface area contributed by atoms with E-state index in [4.69, 9.17) is 21.6 Å². The number of nitrogens with one attached hydrogen (secondary N) is 2. The molecule has 4 atom stereocenters. The highest BCUT2D eigenvalue weighted by atomic mass is 35.5. The van der Waals surface area contributed by atoms with E-state index in [0.717, 1.165) is 11.1 Å². The van der Waals surface area contributed by atoms with Crippen molar-refractivity contribution in [2.45, 2.75) is 52.7 Å². The van der Waals surface area contributed by atoms with Crippen molar-refractivity contribution in [1.82, 2.24) is 20.1 Å². The summed E-state index contributed by atoms with van der Waals surface area (Å²) in [5, 5.41) is 19.1. The normalized spacial score (nSPS) is 24.4. The van der Waals surface area contributed by atoms with Gasteiger partial charge in [0.1, 0.15) is 23.4 Å². The Hall–Kier alpha value is -3.12. The molecule has 0 unspecified atom stereocenters. The van der Waals surface area contributed by atoms with Crippen LogP contribution in [0.5, 0.6) is 5.75 Å². The third-order valence-electron chi connectivity index (χ3n) is 7.61. The minimum absolute atomic E-state index is 0.0369. The highest BCUT2D eigenvalue weighted by Gasteiger charge is 2.56. The maximum absolute atomic E-state index is 12.8. The lowest BCUT2D eigenvalue weighted by atomic mass is 9.45. The van der Waals surface area contributed by atoms with Gasteiger partial charge in [-0.05, 0) is 42.1 Å². The number of hydrogen-bond acceptors (Lipinski definition) is 7. The number of amides is 1. The number of halogens is 1. The van der Waals surface area contributed by atoms with Crippen LogP contribution in [-0.2, 0) is 17.9 Å². The van der Waals surface area contributed by atoms with Crippen LogP contribution in [0.4, 0.5) is 5.69 Å². The molecule has 180 valence electrons. The molecule has 3 aliphatic rings. The smallest absolute Gasteiger partial charge is 0.288 e. The number of nitriles is 1. The zero-order valence-electron chi connectivity index (χ0n) is 19.5. The predicted molar refractivity (Wildman–Crippen MR) is 127 cm³/mol. The molecule has 0 aromatic carbocycles. The Labute approximate surface area is 203 Å². The summed E-state index contributed by atoms with van der Waals surface area (Å²) < 4.78 is 6.36. The van der Waals surface area contributed by atoms with E-state index in [1.807, 2.05) is 6.07 Å². The summed E-state index contributed by atoms with van der Waals surface area (Å²) in [5.41, 5.74) is 1.03. The van der Waals surface area contributed by atoms with Crippen molar-refractivity contribution < 1.29 is 9.53 Å². The number of carbonyl (C=O) groups excluding carboxylic acids is 1. The van der Waals surface area contributed by atoms with E-state index in [9.17, 15) is 9.59 Å². The number of rotatable bonds is 8. The molecule has 0 saturated heterocycles. The van der Waals surface area contributed by atoms with Crippen LogP contribution in [0.1, 0.15) is 39.2 Å². The van der Waals surface area contributed by atoms with Crippen LogP contribution in [0, 0.1) is 34.5 Å². The van der Waals surface area contributed by atoms with Crippen LogP contribution >= 0.6 is 11.6 Å². The number of carbonyl (C=O) groups is 1. The van der Waals surface area contributed by atoms with Crippen LogP contribution in [0.25, 0.3) is 0 Å². The fraction of sp³-hybridized carbons (Fsp3) is 0.542. The Morgan fingerprint density at radius 3 is 2.88 bits per heavy atom. The second-order valence-electron chi connectivity index (χ2n) is 9.75. The molecule has 0 spiro atoms. The zero-order chi connectivity index (χ0) is 24.5. The molecule has 3 saturated carbocycles. The monoisotopic (exact) mass is 484 g/mol. The summed E-state index contributed by atoms with van der Waals surface area (Å²) in [6.45, 7) is 6.71. The van der Waals surface area contributed by atoms with E-state index >= 15 is 0 Å². The van der Waals surface area contributed by atoms with E-state index in [2.05, 4.69) is 41.5 Å². The Morgan fingerprint density at radius 2 is 2.18 bits per heavy atom. The molecule has 2 N–H and O–H groups in total. The fourth-order valence-electron chi connectivity index (χ4n) is 5.40. The van der Waals surface area contributed by atoms with Crippen molar-refractivity contribution in [2.75, 3.05) is 11.9 Å². The van der Waals surface area contributed by atoms with Crippen molar-refractivity contribution in [1.29, 1.82) is 5.26 Å². The van der Waals surface area contributed by atoms with E-state index in [1.54, 1.807) is 12.3 Å². The van der Waals surface area contributed by atoms with Gasteiger partial charge in [-0.15, -0.1) is 0 Å². The van der Waals surface area contributed by atoms with Gasteiger partial charge < -0.3 is 15.4 Å². The van der Waals surface area contributed by atoms with Gasteiger partial charge in [0.2, 0.25) is 5.91 Å². The van der Waals surface area contributed by atoms with Crippen molar-refractivity contribution in [2.24, 2.45) is 23.2 Å². The highest BCUT2D eigenvalue weighted by molar-refractivity contribution is 6.32. The van der Waals surface area contributed by atoms with Crippen LogP contribution in [0.15, 0.2) is 29.5 Å². The average Bonchev–Trinajstić information content (AvgIpc) is 2.82. The maximum Gasteiger partial charge on any atom is 0.288 e. The zero-order valence-corrected chi connectivity index (χ0v) is 20.3. The summed E-state index contributed by atoms with van der Waals surface area (Å²) in [7, 11) is 0. The maximum atomic E-state index is 12.8. The van der Waals surface area contributed by atoms with Gasteiger partial charge in [0, 0.05) is 24.3 Å². The summed E-state index contributed by atoms with van der Waals surface area (Å²) in [4.78, 5) is 29.2. The molecule has 0 aliphatic heterocycles. The Bertz CT molecular complexity index is 1170. The Kier molecular flexibility index (Phi) is 6.80. The molecule has 2 aromatic rings. The minimum atomic E-state index is -0.516. The molecule has 3 fully saturated rings. The van der Waals surface area contributed by atoms with Crippen molar-refractivity contribution in [3.05, 3.63) is 45.6 Å². The molecule has 2 heterocycles. The third-order valence-corrected chi connectivity index (χ3v) is 7.98. The van der Waals surface area contributed by atoms with Crippen molar-refractivity contribution in [3.63, 3.8) is 0 Å². The number of anilines is 1. The number of aromatic nitrogens is 3. The quantitative estimate of drug-likeness (QED) is 0.590. The van der Waals surface area contributed by atoms with Crippen LogP contribution in [0.2, 0.25) is 5.02 Å². The molecule has 2 bridgehead atoms. The van der Waals surface area contributed by atoms with Gasteiger partial charge in [0.25, 0.3) is 5.56 Å². The second kappa shape index (κ2) is 9.63. The molecule has 9 nitrogen and oxygen atoms in total. The molecule has 10 heteroatoms. The molecule has 34 heavy (non-hydrogen) atoms. The van der Waals surface area contributed by atoms with Gasteiger partial charge >= 0.3 is 0 Å². The minimum Gasteiger partial charge on any atom is -0.477 e. The highest BCUT2D eigenvalue weighted by Crippen LogP contribution is 2.61. The van der Waals surface area contributed by atoms with E-state index in [0.29, 0.717) is 40.2 Å².